The van der Waals surface area contributed by atoms with Gasteiger partial charge in [0.1, 0.15) is 5.75 Å². The van der Waals surface area contributed by atoms with E-state index in [0.717, 1.165) is 29.2 Å². The molecule has 0 saturated carbocycles. The fourth-order valence-corrected chi connectivity index (χ4v) is 2.59. The molecule has 2 rings (SSSR count). The Balaban J connectivity index is 1.90. The van der Waals surface area contributed by atoms with Crippen LogP contribution in [0.15, 0.2) is 23.6 Å². The number of nitrogens with zero attached hydrogens (tertiary/aromatic N) is 2. The van der Waals surface area contributed by atoms with Crippen molar-refractivity contribution in [3.8, 4) is 5.75 Å². The number of hydrogen-bond donors (Lipinski definition) is 1. The summed E-state index contributed by atoms with van der Waals surface area (Å²) in [6.45, 7) is 3.31. The average Bonchev–Trinajstić information content (AvgIpc) is 2.88. The molecule has 21 heavy (non-hydrogen) atoms. The summed E-state index contributed by atoms with van der Waals surface area (Å²) in [5, 5.41) is 17.2. The molecule has 2 aromatic rings. The molecule has 0 spiro atoms. The third-order valence-electron chi connectivity index (χ3n) is 2.95. The van der Waals surface area contributed by atoms with Crippen molar-refractivity contribution in [3.05, 3.63) is 50.0 Å². The maximum atomic E-state index is 10.9. The predicted molar refractivity (Wildman–Crippen MR) is 81.9 cm³/mol. The molecular formula is C14H17N3O3S. The summed E-state index contributed by atoms with van der Waals surface area (Å²) in [6.07, 6.45) is 0.844. The molecule has 0 amide bonds. The van der Waals surface area contributed by atoms with E-state index in [9.17, 15) is 10.1 Å². The number of nitrogens with one attached hydrogen (secondary N) is 1. The van der Waals surface area contributed by atoms with E-state index < -0.39 is 4.92 Å². The molecule has 0 radical (unpaired) electrons. The molecule has 0 fully saturated rings. The van der Waals surface area contributed by atoms with E-state index in [-0.39, 0.29) is 5.69 Å². The normalized spacial score (nSPS) is 10.6. The Morgan fingerprint density at radius 2 is 2.24 bits per heavy atom. The van der Waals surface area contributed by atoms with Crippen molar-refractivity contribution in [1.29, 1.82) is 0 Å². The highest BCUT2D eigenvalue weighted by Gasteiger charge is 2.10. The van der Waals surface area contributed by atoms with Gasteiger partial charge in [-0.2, -0.15) is 0 Å². The van der Waals surface area contributed by atoms with Gasteiger partial charge in [0, 0.05) is 31.0 Å². The fraction of sp³-hybridized carbons (Fsp3) is 0.357. The van der Waals surface area contributed by atoms with E-state index in [1.54, 1.807) is 23.5 Å². The van der Waals surface area contributed by atoms with Crippen LogP contribution in [0, 0.1) is 17.0 Å². The molecule has 6 nitrogen and oxygen atoms in total. The summed E-state index contributed by atoms with van der Waals surface area (Å²) in [7, 11) is 1.50. The standard InChI is InChI=1S/C14H17N3O3S/c1-10-16-12(9-21-10)3-4-15-8-11-5-13(17(18)19)7-14(6-11)20-2/h5-7,9,15H,3-4,8H2,1-2H3. The second-order valence-corrected chi connectivity index (χ2v) is 5.64. The Kier molecular flexibility index (Phi) is 5.24. The van der Waals surface area contributed by atoms with Gasteiger partial charge in [0.2, 0.25) is 0 Å². The lowest BCUT2D eigenvalue weighted by Crippen LogP contribution is -2.17. The van der Waals surface area contributed by atoms with Crippen LogP contribution in [0.25, 0.3) is 0 Å². The number of ether oxygens (including phenoxy) is 1. The summed E-state index contributed by atoms with van der Waals surface area (Å²) in [6, 6.07) is 4.77. The van der Waals surface area contributed by atoms with Gasteiger partial charge in [0.25, 0.3) is 5.69 Å². The van der Waals surface area contributed by atoms with Crippen LogP contribution in [0.5, 0.6) is 5.75 Å². The highest BCUT2D eigenvalue weighted by Crippen LogP contribution is 2.22. The first-order chi connectivity index (χ1) is 10.1. The number of nitro groups is 1. The maximum Gasteiger partial charge on any atom is 0.273 e. The summed E-state index contributed by atoms with van der Waals surface area (Å²) in [4.78, 5) is 14.8. The summed E-state index contributed by atoms with van der Waals surface area (Å²) in [5.41, 5.74) is 1.94. The summed E-state index contributed by atoms with van der Waals surface area (Å²) in [5.74, 6) is 0.496. The van der Waals surface area contributed by atoms with Crippen LogP contribution >= 0.6 is 11.3 Å². The minimum Gasteiger partial charge on any atom is -0.496 e. The third-order valence-corrected chi connectivity index (χ3v) is 3.77. The Morgan fingerprint density at radius 3 is 2.86 bits per heavy atom. The van der Waals surface area contributed by atoms with Crippen LogP contribution in [-0.2, 0) is 13.0 Å². The monoisotopic (exact) mass is 307 g/mol. The van der Waals surface area contributed by atoms with Gasteiger partial charge in [-0.1, -0.05) is 0 Å². The first-order valence-electron chi connectivity index (χ1n) is 6.52. The van der Waals surface area contributed by atoms with Crippen molar-refractivity contribution in [3.63, 3.8) is 0 Å². The van der Waals surface area contributed by atoms with E-state index in [2.05, 4.69) is 10.3 Å². The molecule has 1 heterocycles. The second-order valence-electron chi connectivity index (χ2n) is 4.58. The lowest BCUT2D eigenvalue weighted by atomic mass is 10.2. The van der Waals surface area contributed by atoms with Crippen LogP contribution < -0.4 is 10.1 Å². The number of thiazole rings is 1. The van der Waals surface area contributed by atoms with Crippen molar-refractivity contribution in [1.82, 2.24) is 10.3 Å². The molecule has 1 N–H and O–H groups in total. The number of hydrogen-bond acceptors (Lipinski definition) is 6. The number of rotatable bonds is 7. The Hall–Kier alpha value is -1.99. The third kappa shape index (κ3) is 4.51. The number of nitro benzene ring substituents is 1. The zero-order valence-electron chi connectivity index (χ0n) is 12.0. The molecule has 0 aliphatic rings. The van der Waals surface area contributed by atoms with Crippen LogP contribution in [-0.4, -0.2) is 23.6 Å². The van der Waals surface area contributed by atoms with Gasteiger partial charge >= 0.3 is 0 Å². The minimum atomic E-state index is -0.413. The van der Waals surface area contributed by atoms with Gasteiger partial charge in [-0.3, -0.25) is 10.1 Å². The van der Waals surface area contributed by atoms with Crippen LogP contribution in [0.1, 0.15) is 16.3 Å². The lowest BCUT2D eigenvalue weighted by Gasteiger charge is -2.06. The molecule has 7 heteroatoms. The van der Waals surface area contributed by atoms with E-state index in [1.165, 1.54) is 13.2 Å². The van der Waals surface area contributed by atoms with E-state index >= 15 is 0 Å². The van der Waals surface area contributed by atoms with E-state index in [4.69, 9.17) is 4.74 Å². The Bertz CT molecular complexity index is 628. The number of aromatic nitrogens is 1. The number of methoxy groups -OCH3 is 1. The van der Waals surface area contributed by atoms with Crippen molar-refractivity contribution in [2.24, 2.45) is 0 Å². The molecule has 1 aromatic carbocycles. The first-order valence-corrected chi connectivity index (χ1v) is 7.40. The lowest BCUT2D eigenvalue weighted by molar-refractivity contribution is -0.385. The van der Waals surface area contributed by atoms with Gasteiger partial charge in [0.05, 0.1) is 28.8 Å². The first kappa shape index (κ1) is 15.4. The largest absolute Gasteiger partial charge is 0.496 e. The SMILES string of the molecule is COc1cc(CNCCc2csc(C)n2)cc([N+](=O)[O-])c1. The molecule has 0 aliphatic heterocycles. The molecule has 112 valence electrons. The Morgan fingerprint density at radius 1 is 1.43 bits per heavy atom. The van der Waals surface area contributed by atoms with Crippen molar-refractivity contribution < 1.29 is 9.66 Å². The molecule has 0 saturated heterocycles. The molecule has 0 bridgehead atoms. The topological polar surface area (TPSA) is 77.3 Å². The van der Waals surface area contributed by atoms with Gasteiger partial charge in [0.15, 0.2) is 0 Å². The van der Waals surface area contributed by atoms with Crippen molar-refractivity contribution in [2.45, 2.75) is 19.9 Å². The van der Waals surface area contributed by atoms with Gasteiger partial charge in [-0.05, 0) is 18.6 Å². The maximum absolute atomic E-state index is 10.9. The Labute approximate surface area is 126 Å². The van der Waals surface area contributed by atoms with Crippen molar-refractivity contribution >= 4 is 17.0 Å². The van der Waals surface area contributed by atoms with Gasteiger partial charge in [-0.15, -0.1) is 11.3 Å². The predicted octanol–water partition coefficient (Wildman–Crippen LogP) is 2.70. The van der Waals surface area contributed by atoms with E-state index in [0.29, 0.717) is 12.3 Å². The zero-order valence-corrected chi connectivity index (χ0v) is 12.8. The average molecular weight is 307 g/mol. The molecular weight excluding hydrogens is 290 g/mol. The summed E-state index contributed by atoms with van der Waals surface area (Å²) < 4.78 is 5.08. The summed E-state index contributed by atoms with van der Waals surface area (Å²) >= 11 is 1.64. The van der Waals surface area contributed by atoms with Crippen LogP contribution in [0.4, 0.5) is 5.69 Å². The van der Waals surface area contributed by atoms with Crippen molar-refractivity contribution in [2.75, 3.05) is 13.7 Å². The minimum absolute atomic E-state index is 0.0428. The fourth-order valence-electron chi connectivity index (χ4n) is 1.94. The second kappa shape index (κ2) is 7.14. The zero-order chi connectivity index (χ0) is 15.2. The van der Waals surface area contributed by atoms with E-state index in [1.807, 2.05) is 12.3 Å². The van der Waals surface area contributed by atoms with Gasteiger partial charge < -0.3 is 10.1 Å². The number of non-ortho nitro benzene ring substituents is 1. The van der Waals surface area contributed by atoms with Gasteiger partial charge in [-0.25, -0.2) is 4.98 Å². The van der Waals surface area contributed by atoms with Crippen LogP contribution in [0.2, 0.25) is 0 Å². The molecule has 0 unspecified atom stereocenters. The molecule has 0 aliphatic carbocycles. The smallest absolute Gasteiger partial charge is 0.273 e. The van der Waals surface area contributed by atoms with Crippen LogP contribution in [0.3, 0.4) is 0 Å². The number of benzene rings is 1. The quantitative estimate of drug-likeness (QED) is 0.483. The molecule has 0 atom stereocenters. The highest BCUT2D eigenvalue weighted by atomic mass is 32.1. The highest BCUT2D eigenvalue weighted by molar-refractivity contribution is 7.09. The number of aryl methyl sites for hydroxylation is 1. The molecule has 1 aromatic heterocycles.